The minimum absolute atomic E-state index is 0.0372. The summed E-state index contributed by atoms with van der Waals surface area (Å²) >= 11 is 0. The molecular formula is C17H26N2O2. The molecule has 21 heavy (non-hydrogen) atoms. The molecule has 1 amide bonds. The Hall–Kier alpha value is -1.68. The molecule has 4 nitrogen and oxygen atoms in total. The van der Waals surface area contributed by atoms with Gasteiger partial charge in [0, 0.05) is 30.6 Å². The average Bonchev–Trinajstić information content (AvgIpc) is 2.45. The Bertz CT molecular complexity index is 452. The number of nitrogens with one attached hydrogen (secondary N) is 1. The number of nitrogens with zero attached hydrogens (tertiary/aromatic N) is 1. The van der Waals surface area contributed by atoms with Gasteiger partial charge in [-0.3, -0.25) is 9.59 Å². The normalized spacial score (nSPS) is 10.7. The first-order valence-electron chi connectivity index (χ1n) is 7.60. The maximum absolute atomic E-state index is 11.9. The van der Waals surface area contributed by atoms with Crippen molar-refractivity contribution in [2.45, 2.75) is 39.0 Å². The molecule has 0 atom stereocenters. The molecule has 0 aliphatic carbocycles. The van der Waals surface area contributed by atoms with Gasteiger partial charge in [0.05, 0.1) is 0 Å². The number of rotatable bonds is 9. The Balaban J connectivity index is 2.46. The van der Waals surface area contributed by atoms with Gasteiger partial charge in [0.1, 0.15) is 0 Å². The van der Waals surface area contributed by atoms with Crippen LogP contribution in [0.1, 0.15) is 49.4 Å². The number of unbranched alkanes of at least 4 members (excludes halogenated alkanes) is 2. The molecule has 0 aliphatic rings. The molecule has 0 saturated carbocycles. The summed E-state index contributed by atoms with van der Waals surface area (Å²) in [5.41, 5.74) is 1.45. The molecule has 0 bridgehead atoms. The summed E-state index contributed by atoms with van der Waals surface area (Å²) in [6, 6.07) is 7.14. The SMILES string of the molecule is CCCCCC(=O)Nc1ccc(C(=O)CCN(C)C)cc1. The van der Waals surface area contributed by atoms with E-state index in [-0.39, 0.29) is 11.7 Å². The summed E-state index contributed by atoms with van der Waals surface area (Å²) < 4.78 is 0. The van der Waals surface area contributed by atoms with Gasteiger partial charge < -0.3 is 10.2 Å². The van der Waals surface area contributed by atoms with Gasteiger partial charge >= 0.3 is 0 Å². The van der Waals surface area contributed by atoms with Gasteiger partial charge in [-0.05, 0) is 44.8 Å². The highest BCUT2D eigenvalue weighted by molar-refractivity contribution is 5.97. The first-order valence-corrected chi connectivity index (χ1v) is 7.60. The average molecular weight is 290 g/mol. The van der Waals surface area contributed by atoms with Crippen molar-refractivity contribution in [3.8, 4) is 0 Å². The number of carbonyl (C=O) groups is 2. The van der Waals surface area contributed by atoms with Gasteiger partial charge in [-0.2, -0.15) is 0 Å². The maximum atomic E-state index is 11.9. The zero-order chi connectivity index (χ0) is 15.7. The van der Waals surface area contributed by atoms with E-state index in [1.165, 1.54) is 0 Å². The third-order valence-corrected chi connectivity index (χ3v) is 3.28. The summed E-state index contributed by atoms with van der Waals surface area (Å²) in [6.07, 6.45) is 4.17. The van der Waals surface area contributed by atoms with E-state index < -0.39 is 0 Å². The van der Waals surface area contributed by atoms with Crippen LogP contribution in [0.2, 0.25) is 0 Å². The Morgan fingerprint density at radius 2 is 1.71 bits per heavy atom. The van der Waals surface area contributed by atoms with E-state index in [0.717, 1.165) is 31.5 Å². The van der Waals surface area contributed by atoms with Crippen molar-refractivity contribution < 1.29 is 9.59 Å². The largest absolute Gasteiger partial charge is 0.326 e. The van der Waals surface area contributed by atoms with Crippen molar-refractivity contribution in [3.05, 3.63) is 29.8 Å². The van der Waals surface area contributed by atoms with E-state index >= 15 is 0 Å². The van der Waals surface area contributed by atoms with Crippen molar-refractivity contribution in [1.29, 1.82) is 0 Å². The third kappa shape index (κ3) is 7.04. The molecule has 4 heteroatoms. The summed E-state index contributed by atoms with van der Waals surface area (Å²) in [4.78, 5) is 25.6. The summed E-state index contributed by atoms with van der Waals surface area (Å²) in [5, 5.41) is 2.86. The molecule has 116 valence electrons. The highest BCUT2D eigenvalue weighted by atomic mass is 16.1. The molecular weight excluding hydrogens is 264 g/mol. The van der Waals surface area contributed by atoms with E-state index in [4.69, 9.17) is 0 Å². The fourth-order valence-corrected chi connectivity index (χ4v) is 1.97. The van der Waals surface area contributed by atoms with E-state index in [9.17, 15) is 9.59 Å². The Morgan fingerprint density at radius 3 is 2.29 bits per heavy atom. The lowest BCUT2D eigenvalue weighted by Crippen LogP contribution is -2.16. The van der Waals surface area contributed by atoms with Crippen LogP contribution in [0.25, 0.3) is 0 Å². The van der Waals surface area contributed by atoms with Crippen molar-refractivity contribution >= 4 is 17.4 Å². The Labute approximate surface area is 127 Å². The Kier molecular flexibility index (Phi) is 7.69. The molecule has 0 spiro atoms. The topological polar surface area (TPSA) is 49.4 Å². The van der Waals surface area contributed by atoms with Crippen molar-refractivity contribution in [3.63, 3.8) is 0 Å². The van der Waals surface area contributed by atoms with Crippen molar-refractivity contribution in [2.75, 3.05) is 26.0 Å². The van der Waals surface area contributed by atoms with Crippen molar-refractivity contribution in [1.82, 2.24) is 4.90 Å². The van der Waals surface area contributed by atoms with Gasteiger partial charge in [0.15, 0.2) is 5.78 Å². The van der Waals surface area contributed by atoms with Crippen LogP contribution in [0.15, 0.2) is 24.3 Å². The van der Waals surface area contributed by atoms with Gasteiger partial charge in [-0.25, -0.2) is 0 Å². The molecule has 0 radical (unpaired) electrons. The molecule has 0 heterocycles. The van der Waals surface area contributed by atoms with Crippen LogP contribution in [0.3, 0.4) is 0 Å². The number of hydrogen-bond acceptors (Lipinski definition) is 3. The van der Waals surface area contributed by atoms with E-state index in [1.807, 2.05) is 19.0 Å². The standard InChI is InChI=1S/C17H26N2O2/c1-4-5-6-7-17(21)18-15-10-8-14(9-11-15)16(20)12-13-19(2)3/h8-11H,4-7,12-13H2,1-3H3,(H,18,21). The van der Waals surface area contributed by atoms with Crippen molar-refractivity contribution in [2.24, 2.45) is 0 Å². The number of benzene rings is 1. The molecule has 0 fully saturated rings. The van der Waals surface area contributed by atoms with Crippen LogP contribution in [0, 0.1) is 0 Å². The monoisotopic (exact) mass is 290 g/mol. The number of Topliss-reactive ketones (excluding diaryl/α,β-unsaturated/α-hetero) is 1. The van der Waals surface area contributed by atoms with E-state index in [2.05, 4.69) is 12.2 Å². The van der Waals surface area contributed by atoms with Crippen LogP contribution in [0.5, 0.6) is 0 Å². The van der Waals surface area contributed by atoms with Crippen LogP contribution in [-0.4, -0.2) is 37.2 Å². The van der Waals surface area contributed by atoms with E-state index in [1.54, 1.807) is 24.3 Å². The molecule has 0 aliphatic heterocycles. The minimum Gasteiger partial charge on any atom is -0.326 e. The first-order chi connectivity index (χ1) is 10.0. The smallest absolute Gasteiger partial charge is 0.224 e. The predicted molar refractivity (Wildman–Crippen MR) is 86.7 cm³/mol. The van der Waals surface area contributed by atoms with Crippen LogP contribution >= 0.6 is 0 Å². The molecule has 1 N–H and O–H groups in total. The van der Waals surface area contributed by atoms with Gasteiger partial charge in [-0.15, -0.1) is 0 Å². The number of carbonyl (C=O) groups excluding carboxylic acids is 2. The quantitative estimate of drug-likeness (QED) is 0.560. The summed E-state index contributed by atoms with van der Waals surface area (Å²) in [5.74, 6) is 0.166. The molecule has 0 unspecified atom stereocenters. The summed E-state index contributed by atoms with van der Waals surface area (Å²) in [7, 11) is 3.90. The molecule has 0 aromatic heterocycles. The zero-order valence-corrected chi connectivity index (χ0v) is 13.3. The molecule has 0 saturated heterocycles. The second-order valence-corrected chi connectivity index (χ2v) is 5.56. The predicted octanol–water partition coefficient (Wildman–Crippen LogP) is 3.34. The minimum atomic E-state index is 0.0372. The Morgan fingerprint density at radius 1 is 1.05 bits per heavy atom. The zero-order valence-electron chi connectivity index (χ0n) is 13.3. The molecule has 1 rings (SSSR count). The first kappa shape index (κ1) is 17.4. The second kappa shape index (κ2) is 9.29. The number of ketones is 1. The second-order valence-electron chi connectivity index (χ2n) is 5.56. The lowest BCUT2D eigenvalue weighted by Gasteiger charge is -2.09. The van der Waals surface area contributed by atoms with Crippen LogP contribution in [0.4, 0.5) is 5.69 Å². The molecule has 1 aromatic rings. The fourth-order valence-electron chi connectivity index (χ4n) is 1.97. The maximum Gasteiger partial charge on any atom is 0.224 e. The van der Waals surface area contributed by atoms with Crippen LogP contribution in [-0.2, 0) is 4.79 Å². The number of amides is 1. The number of anilines is 1. The highest BCUT2D eigenvalue weighted by Gasteiger charge is 2.07. The lowest BCUT2D eigenvalue weighted by molar-refractivity contribution is -0.116. The van der Waals surface area contributed by atoms with E-state index in [0.29, 0.717) is 18.4 Å². The lowest BCUT2D eigenvalue weighted by atomic mass is 10.1. The van der Waals surface area contributed by atoms with Gasteiger partial charge in [-0.1, -0.05) is 19.8 Å². The fraction of sp³-hybridized carbons (Fsp3) is 0.529. The van der Waals surface area contributed by atoms with Gasteiger partial charge in [0.2, 0.25) is 5.91 Å². The van der Waals surface area contributed by atoms with Gasteiger partial charge in [0.25, 0.3) is 0 Å². The van der Waals surface area contributed by atoms with Crippen LogP contribution < -0.4 is 5.32 Å². The summed E-state index contributed by atoms with van der Waals surface area (Å²) in [6.45, 7) is 2.86. The number of hydrogen-bond donors (Lipinski definition) is 1. The molecule has 1 aromatic carbocycles. The highest BCUT2D eigenvalue weighted by Crippen LogP contribution is 2.12. The third-order valence-electron chi connectivity index (χ3n) is 3.28.